The van der Waals surface area contributed by atoms with Crippen LogP contribution >= 0.6 is 0 Å². The molecule has 0 aromatic carbocycles. The van der Waals surface area contributed by atoms with Gasteiger partial charge in [-0.25, -0.2) is 4.98 Å². The number of imidazole rings is 1. The number of H-pyrrole nitrogens is 1. The van der Waals surface area contributed by atoms with Gasteiger partial charge in [0, 0.05) is 50.1 Å². The zero-order chi connectivity index (χ0) is 14.9. The molecule has 6 nitrogen and oxygen atoms in total. The van der Waals surface area contributed by atoms with Crippen molar-refractivity contribution in [2.24, 2.45) is 0 Å². The van der Waals surface area contributed by atoms with Gasteiger partial charge in [-0.15, -0.1) is 0 Å². The Morgan fingerprint density at radius 2 is 2.09 bits per heavy atom. The predicted molar refractivity (Wildman–Crippen MR) is 81.6 cm³/mol. The minimum atomic E-state index is 0.0879. The fourth-order valence-electron chi connectivity index (χ4n) is 3.57. The van der Waals surface area contributed by atoms with Crippen molar-refractivity contribution < 1.29 is 4.79 Å². The van der Waals surface area contributed by atoms with Gasteiger partial charge in [0.1, 0.15) is 11.5 Å². The lowest BCUT2D eigenvalue weighted by molar-refractivity contribution is 0.0706. The maximum absolute atomic E-state index is 12.6. The van der Waals surface area contributed by atoms with Crippen molar-refractivity contribution in [3.05, 3.63) is 35.7 Å². The lowest BCUT2D eigenvalue weighted by atomic mass is 9.93. The number of aromatic nitrogens is 4. The van der Waals surface area contributed by atoms with Gasteiger partial charge >= 0.3 is 0 Å². The Morgan fingerprint density at radius 3 is 2.82 bits per heavy atom. The lowest BCUT2D eigenvalue weighted by Crippen LogP contribution is -2.38. The highest BCUT2D eigenvalue weighted by molar-refractivity contribution is 5.92. The summed E-state index contributed by atoms with van der Waals surface area (Å²) in [6, 6.07) is 2.03. The summed E-state index contributed by atoms with van der Waals surface area (Å²) in [5.41, 5.74) is 1.81. The standard InChI is InChI=1S/C16H21N5O/c22-16(14-11-21-8-2-1-3-15(21)18-14)20-9-5-12(6-10-20)13-4-7-17-19-13/h4,7,11-12H,1-3,5-6,8-10H2,(H,17,19). The first-order chi connectivity index (χ1) is 10.8. The molecule has 6 heteroatoms. The van der Waals surface area contributed by atoms with Crippen LogP contribution in [0.5, 0.6) is 0 Å². The van der Waals surface area contributed by atoms with Crippen molar-refractivity contribution in [3.63, 3.8) is 0 Å². The molecule has 0 unspecified atom stereocenters. The summed E-state index contributed by atoms with van der Waals surface area (Å²) in [7, 11) is 0. The second-order valence-corrected chi connectivity index (χ2v) is 6.27. The number of rotatable bonds is 2. The van der Waals surface area contributed by atoms with E-state index >= 15 is 0 Å². The van der Waals surface area contributed by atoms with Crippen LogP contribution in [-0.4, -0.2) is 43.6 Å². The van der Waals surface area contributed by atoms with Gasteiger partial charge in [-0.3, -0.25) is 9.89 Å². The molecule has 0 spiro atoms. The fourth-order valence-corrected chi connectivity index (χ4v) is 3.57. The summed E-state index contributed by atoms with van der Waals surface area (Å²) >= 11 is 0. The van der Waals surface area contributed by atoms with Crippen molar-refractivity contribution in [1.29, 1.82) is 0 Å². The third kappa shape index (κ3) is 2.42. The Morgan fingerprint density at radius 1 is 1.23 bits per heavy atom. The van der Waals surface area contributed by atoms with Crippen molar-refractivity contribution in [3.8, 4) is 0 Å². The minimum absolute atomic E-state index is 0.0879. The first-order valence-corrected chi connectivity index (χ1v) is 8.16. The van der Waals surface area contributed by atoms with Crippen LogP contribution in [0.1, 0.15) is 53.6 Å². The van der Waals surface area contributed by atoms with E-state index in [1.807, 2.05) is 17.2 Å². The molecule has 0 bridgehead atoms. The number of carbonyl (C=O) groups excluding carboxylic acids is 1. The average molecular weight is 299 g/mol. The second kappa shape index (κ2) is 5.59. The summed E-state index contributed by atoms with van der Waals surface area (Å²) in [6.07, 6.45) is 9.07. The van der Waals surface area contributed by atoms with Gasteiger partial charge in [0.25, 0.3) is 5.91 Å². The van der Waals surface area contributed by atoms with Crippen molar-refractivity contribution in [2.75, 3.05) is 13.1 Å². The minimum Gasteiger partial charge on any atom is -0.337 e. The Balaban J connectivity index is 1.42. The van der Waals surface area contributed by atoms with Crippen LogP contribution in [0.4, 0.5) is 0 Å². The molecule has 2 aliphatic rings. The molecule has 4 rings (SSSR count). The van der Waals surface area contributed by atoms with E-state index in [1.165, 1.54) is 18.5 Å². The Kier molecular flexibility index (Phi) is 3.44. The van der Waals surface area contributed by atoms with Crippen LogP contribution < -0.4 is 0 Å². The highest BCUT2D eigenvalue weighted by atomic mass is 16.2. The molecule has 2 aromatic heterocycles. The van der Waals surface area contributed by atoms with E-state index in [0.717, 1.165) is 44.7 Å². The summed E-state index contributed by atoms with van der Waals surface area (Å²) in [4.78, 5) is 19.1. The van der Waals surface area contributed by atoms with Gasteiger partial charge in [-0.2, -0.15) is 5.10 Å². The number of hydrogen-bond donors (Lipinski definition) is 1. The molecule has 1 saturated heterocycles. The van der Waals surface area contributed by atoms with E-state index in [4.69, 9.17) is 0 Å². The fraction of sp³-hybridized carbons (Fsp3) is 0.562. The van der Waals surface area contributed by atoms with Crippen LogP contribution in [0.25, 0.3) is 0 Å². The Labute approximate surface area is 129 Å². The number of fused-ring (bicyclic) bond motifs is 1. The topological polar surface area (TPSA) is 66.8 Å². The van der Waals surface area contributed by atoms with Crippen LogP contribution in [0, 0.1) is 0 Å². The monoisotopic (exact) mass is 299 g/mol. The molecular formula is C16H21N5O. The van der Waals surface area contributed by atoms with Gasteiger partial charge < -0.3 is 9.47 Å². The van der Waals surface area contributed by atoms with Crippen molar-refractivity contribution >= 4 is 5.91 Å². The van der Waals surface area contributed by atoms with E-state index in [2.05, 4.69) is 19.7 Å². The molecule has 2 aromatic rings. The van der Waals surface area contributed by atoms with Gasteiger partial charge in [-0.1, -0.05) is 0 Å². The lowest BCUT2D eigenvalue weighted by Gasteiger charge is -2.31. The van der Waals surface area contributed by atoms with E-state index in [0.29, 0.717) is 11.6 Å². The number of carbonyl (C=O) groups is 1. The molecule has 4 heterocycles. The van der Waals surface area contributed by atoms with Crippen molar-refractivity contribution in [2.45, 2.75) is 44.6 Å². The van der Waals surface area contributed by atoms with E-state index < -0.39 is 0 Å². The predicted octanol–water partition coefficient (Wildman–Crippen LogP) is 1.96. The summed E-state index contributed by atoms with van der Waals surface area (Å²) in [6.45, 7) is 2.59. The van der Waals surface area contributed by atoms with Crippen LogP contribution in [0.3, 0.4) is 0 Å². The number of aromatic amines is 1. The van der Waals surface area contributed by atoms with E-state index in [9.17, 15) is 4.79 Å². The third-order valence-corrected chi connectivity index (χ3v) is 4.87. The normalized spacial score (nSPS) is 19.2. The maximum Gasteiger partial charge on any atom is 0.274 e. The molecular weight excluding hydrogens is 278 g/mol. The van der Waals surface area contributed by atoms with E-state index in [1.54, 1.807) is 6.20 Å². The van der Waals surface area contributed by atoms with E-state index in [-0.39, 0.29) is 5.91 Å². The van der Waals surface area contributed by atoms with Gasteiger partial charge in [0.2, 0.25) is 0 Å². The average Bonchev–Trinajstić information content (AvgIpc) is 3.23. The highest BCUT2D eigenvalue weighted by Crippen LogP contribution is 2.27. The molecule has 1 N–H and O–H groups in total. The molecule has 0 saturated carbocycles. The first-order valence-electron chi connectivity index (χ1n) is 8.16. The number of piperidine rings is 1. The zero-order valence-corrected chi connectivity index (χ0v) is 12.7. The Bertz CT molecular complexity index is 629. The molecule has 0 atom stereocenters. The quantitative estimate of drug-likeness (QED) is 0.922. The Hall–Kier alpha value is -2.11. The highest BCUT2D eigenvalue weighted by Gasteiger charge is 2.27. The number of aryl methyl sites for hydroxylation is 2. The summed E-state index contributed by atoms with van der Waals surface area (Å²) in [5.74, 6) is 1.65. The number of likely N-dealkylation sites (tertiary alicyclic amines) is 1. The largest absolute Gasteiger partial charge is 0.337 e. The molecule has 0 radical (unpaired) electrons. The smallest absolute Gasteiger partial charge is 0.274 e. The number of nitrogens with one attached hydrogen (secondary N) is 1. The summed E-state index contributed by atoms with van der Waals surface area (Å²) in [5, 5.41) is 7.06. The van der Waals surface area contributed by atoms with Crippen LogP contribution in [0.15, 0.2) is 18.5 Å². The van der Waals surface area contributed by atoms with Crippen LogP contribution in [0.2, 0.25) is 0 Å². The number of hydrogen-bond acceptors (Lipinski definition) is 3. The molecule has 2 aliphatic heterocycles. The molecule has 1 fully saturated rings. The molecule has 116 valence electrons. The van der Waals surface area contributed by atoms with Gasteiger partial charge in [0.15, 0.2) is 0 Å². The first kappa shape index (κ1) is 13.5. The van der Waals surface area contributed by atoms with Gasteiger partial charge in [-0.05, 0) is 31.7 Å². The molecule has 0 aliphatic carbocycles. The van der Waals surface area contributed by atoms with Gasteiger partial charge in [0.05, 0.1) is 0 Å². The molecule has 1 amide bonds. The summed E-state index contributed by atoms with van der Waals surface area (Å²) < 4.78 is 2.15. The zero-order valence-electron chi connectivity index (χ0n) is 12.7. The molecule has 22 heavy (non-hydrogen) atoms. The number of amides is 1. The van der Waals surface area contributed by atoms with Crippen molar-refractivity contribution in [1.82, 2.24) is 24.6 Å². The second-order valence-electron chi connectivity index (χ2n) is 6.27. The third-order valence-electron chi connectivity index (χ3n) is 4.87. The maximum atomic E-state index is 12.6. The van der Waals surface area contributed by atoms with Crippen LogP contribution in [-0.2, 0) is 13.0 Å². The SMILES string of the molecule is O=C(c1cn2c(n1)CCCC2)N1CCC(c2ccn[nH]2)CC1. The number of nitrogens with zero attached hydrogens (tertiary/aromatic N) is 4.